The standard InChI is InChI=1S/C10H13NO4S2/c1-6-8(9(12)13)17-10(11-6)16-4-7-2-3-14-5-15-7/h7H,2-5H2,1H3,(H,12,13). The second-order valence-electron chi connectivity index (χ2n) is 3.61. The van der Waals surface area contributed by atoms with Crippen LogP contribution in [0.25, 0.3) is 0 Å². The lowest BCUT2D eigenvalue weighted by Crippen LogP contribution is -2.25. The largest absolute Gasteiger partial charge is 0.477 e. The highest BCUT2D eigenvalue weighted by Gasteiger charge is 2.18. The van der Waals surface area contributed by atoms with E-state index in [9.17, 15) is 4.79 Å². The fraction of sp³-hybridized carbons (Fsp3) is 0.600. The first kappa shape index (κ1) is 12.8. The first-order valence-electron chi connectivity index (χ1n) is 5.19. The van der Waals surface area contributed by atoms with Gasteiger partial charge in [0.25, 0.3) is 0 Å². The van der Waals surface area contributed by atoms with Gasteiger partial charge in [0.05, 0.1) is 18.4 Å². The summed E-state index contributed by atoms with van der Waals surface area (Å²) >= 11 is 2.76. The molecule has 0 aliphatic carbocycles. The van der Waals surface area contributed by atoms with E-state index in [4.69, 9.17) is 14.6 Å². The fourth-order valence-electron chi connectivity index (χ4n) is 1.43. The maximum Gasteiger partial charge on any atom is 0.347 e. The van der Waals surface area contributed by atoms with E-state index in [0.717, 1.165) is 23.1 Å². The summed E-state index contributed by atoms with van der Waals surface area (Å²) < 4.78 is 11.3. The molecule has 1 aromatic heterocycles. The predicted molar refractivity (Wildman–Crippen MR) is 64.8 cm³/mol. The topological polar surface area (TPSA) is 68.7 Å². The van der Waals surface area contributed by atoms with E-state index in [1.54, 1.807) is 18.7 Å². The van der Waals surface area contributed by atoms with Crippen molar-refractivity contribution >= 4 is 29.1 Å². The normalized spacial score (nSPS) is 20.4. The molecule has 0 radical (unpaired) electrons. The number of hydrogen-bond donors (Lipinski definition) is 1. The summed E-state index contributed by atoms with van der Waals surface area (Å²) in [6, 6.07) is 0. The summed E-state index contributed by atoms with van der Waals surface area (Å²) in [5.74, 6) is -0.121. The van der Waals surface area contributed by atoms with Crippen molar-refractivity contribution in [3.8, 4) is 0 Å². The number of hydrogen-bond acceptors (Lipinski definition) is 6. The summed E-state index contributed by atoms with van der Waals surface area (Å²) in [6.07, 6.45) is 1.05. The van der Waals surface area contributed by atoms with Gasteiger partial charge in [-0.1, -0.05) is 11.8 Å². The molecule has 2 heterocycles. The Balaban J connectivity index is 1.90. The molecule has 0 spiro atoms. The Labute approximate surface area is 107 Å². The Morgan fingerprint density at radius 2 is 2.53 bits per heavy atom. The zero-order chi connectivity index (χ0) is 12.3. The molecular weight excluding hydrogens is 262 g/mol. The monoisotopic (exact) mass is 275 g/mol. The molecule has 1 aliphatic heterocycles. The zero-order valence-electron chi connectivity index (χ0n) is 9.34. The molecule has 1 aliphatic rings. The average Bonchev–Trinajstić information content (AvgIpc) is 2.69. The number of ether oxygens (including phenoxy) is 2. The summed E-state index contributed by atoms with van der Waals surface area (Å²) in [5.41, 5.74) is 0.581. The van der Waals surface area contributed by atoms with Crippen LogP contribution in [0.3, 0.4) is 0 Å². The fourth-order valence-corrected chi connectivity index (χ4v) is 3.55. The van der Waals surface area contributed by atoms with Crippen LogP contribution in [0.1, 0.15) is 21.8 Å². The van der Waals surface area contributed by atoms with Gasteiger partial charge in [0, 0.05) is 5.75 Å². The maximum absolute atomic E-state index is 10.9. The van der Waals surface area contributed by atoms with Crippen LogP contribution in [0.4, 0.5) is 0 Å². The van der Waals surface area contributed by atoms with Crippen LogP contribution in [0.15, 0.2) is 4.34 Å². The molecule has 7 heteroatoms. The van der Waals surface area contributed by atoms with Gasteiger partial charge >= 0.3 is 5.97 Å². The molecule has 0 amide bonds. The summed E-state index contributed by atoms with van der Waals surface area (Å²) in [6.45, 7) is 2.79. The Morgan fingerprint density at radius 1 is 1.71 bits per heavy atom. The van der Waals surface area contributed by atoms with Crippen LogP contribution in [0.2, 0.25) is 0 Å². The lowest BCUT2D eigenvalue weighted by molar-refractivity contribution is -0.130. The lowest BCUT2D eigenvalue weighted by atomic mass is 10.3. The van der Waals surface area contributed by atoms with Crippen molar-refractivity contribution in [3.63, 3.8) is 0 Å². The molecule has 5 nitrogen and oxygen atoms in total. The van der Waals surface area contributed by atoms with E-state index in [1.165, 1.54) is 11.3 Å². The van der Waals surface area contributed by atoms with Gasteiger partial charge in [-0.05, 0) is 13.3 Å². The zero-order valence-corrected chi connectivity index (χ0v) is 11.0. The molecule has 94 valence electrons. The number of thioether (sulfide) groups is 1. The van der Waals surface area contributed by atoms with Crippen molar-refractivity contribution < 1.29 is 19.4 Å². The molecular formula is C10H13NO4S2. The first-order valence-corrected chi connectivity index (χ1v) is 7.00. The Hall–Kier alpha value is -0.630. The lowest BCUT2D eigenvalue weighted by Gasteiger charge is -2.21. The van der Waals surface area contributed by atoms with Crippen LogP contribution in [-0.4, -0.2) is 41.3 Å². The predicted octanol–water partition coefficient (Wildman–Crippen LogP) is 2.00. The van der Waals surface area contributed by atoms with Gasteiger partial charge < -0.3 is 14.6 Å². The molecule has 1 atom stereocenters. The molecule has 0 bridgehead atoms. The van der Waals surface area contributed by atoms with E-state index in [-0.39, 0.29) is 6.10 Å². The number of aryl methyl sites for hydroxylation is 1. The van der Waals surface area contributed by atoms with Crippen molar-refractivity contribution in [3.05, 3.63) is 10.6 Å². The molecule has 0 aromatic carbocycles. The van der Waals surface area contributed by atoms with Crippen molar-refractivity contribution in [2.45, 2.75) is 23.8 Å². The number of carboxylic acids is 1. The highest BCUT2D eigenvalue weighted by atomic mass is 32.2. The molecule has 17 heavy (non-hydrogen) atoms. The number of carbonyl (C=O) groups is 1. The van der Waals surface area contributed by atoms with Crippen LogP contribution in [0, 0.1) is 6.92 Å². The minimum absolute atomic E-state index is 0.172. The second-order valence-corrected chi connectivity index (χ2v) is 5.88. The van der Waals surface area contributed by atoms with Crippen LogP contribution in [0.5, 0.6) is 0 Å². The molecule has 1 unspecified atom stereocenters. The maximum atomic E-state index is 10.9. The van der Waals surface area contributed by atoms with Gasteiger partial charge in [-0.3, -0.25) is 0 Å². The van der Waals surface area contributed by atoms with Crippen molar-refractivity contribution in [1.82, 2.24) is 4.98 Å². The van der Waals surface area contributed by atoms with Crippen molar-refractivity contribution in [2.24, 2.45) is 0 Å². The summed E-state index contributed by atoms with van der Waals surface area (Å²) in [5, 5.41) is 8.92. The average molecular weight is 275 g/mol. The van der Waals surface area contributed by atoms with Crippen LogP contribution in [-0.2, 0) is 9.47 Å². The van der Waals surface area contributed by atoms with Gasteiger partial charge in [0.15, 0.2) is 4.34 Å². The first-order chi connectivity index (χ1) is 8.16. The number of aromatic carboxylic acids is 1. The second kappa shape index (κ2) is 5.81. The third-order valence-corrected chi connectivity index (χ3v) is 4.76. The number of carboxylic acid groups (broad SMARTS) is 1. The summed E-state index contributed by atoms with van der Waals surface area (Å²) in [7, 11) is 0. The number of nitrogens with zero attached hydrogens (tertiary/aromatic N) is 1. The van der Waals surface area contributed by atoms with E-state index >= 15 is 0 Å². The molecule has 1 aromatic rings. The quantitative estimate of drug-likeness (QED) is 0.848. The molecule has 1 N–H and O–H groups in total. The van der Waals surface area contributed by atoms with Gasteiger partial charge in [-0.15, -0.1) is 11.3 Å². The van der Waals surface area contributed by atoms with E-state index < -0.39 is 5.97 Å². The Morgan fingerprint density at radius 3 is 3.12 bits per heavy atom. The van der Waals surface area contributed by atoms with Gasteiger partial charge in [0.1, 0.15) is 11.7 Å². The minimum Gasteiger partial charge on any atom is -0.477 e. The van der Waals surface area contributed by atoms with E-state index in [1.807, 2.05) is 0 Å². The number of thiazole rings is 1. The number of aromatic nitrogens is 1. The minimum atomic E-state index is -0.908. The molecule has 1 saturated heterocycles. The highest BCUT2D eigenvalue weighted by molar-refractivity contribution is 8.01. The SMILES string of the molecule is Cc1nc(SCC2CCOCO2)sc1C(=O)O. The van der Waals surface area contributed by atoms with E-state index in [2.05, 4.69) is 4.98 Å². The van der Waals surface area contributed by atoms with E-state index in [0.29, 0.717) is 17.4 Å². The molecule has 1 fully saturated rings. The van der Waals surface area contributed by atoms with Crippen molar-refractivity contribution in [2.75, 3.05) is 19.2 Å². The molecule has 0 saturated carbocycles. The smallest absolute Gasteiger partial charge is 0.347 e. The van der Waals surface area contributed by atoms with Gasteiger partial charge in [-0.25, -0.2) is 9.78 Å². The molecule has 2 rings (SSSR count). The van der Waals surface area contributed by atoms with Crippen LogP contribution < -0.4 is 0 Å². The Kier molecular flexibility index (Phi) is 4.38. The third kappa shape index (κ3) is 3.41. The Bertz CT molecular complexity index is 401. The number of rotatable bonds is 4. The highest BCUT2D eigenvalue weighted by Crippen LogP contribution is 2.28. The summed E-state index contributed by atoms with van der Waals surface area (Å²) in [4.78, 5) is 15.4. The van der Waals surface area contributed by atoms with Gasteiger partial charge in [0.2, 0.25) is 0 Å². The van der Waals surface area contributed by atoms with Crippen molar-refractivity contribution in [1.29, 1.82) is 0 Å². The van der Waals surface area contributed by atoms with Gasteiger partial charge in [-0.2, -0.15) is 0 Å². The third-order valence-electron chi connectivity index (χ3n) is 2.34. The van der Waals surface area contributed by atoms with Crippen LogP contribution >= 0.6 is 23.1 Å².